The summed E-state index contributed by atoms with van der Waals surface area (Å²) in [4.78, 5) is 28.5. The molecule has 2 amide bonds. The van der Waals surface area contributed by atoms with Gasteiger partial charge in [0, 0.05) is 13.1 Å². The molecule has 0 aromatic heterocycles. The molecule has 2 saturated heterocycles. The Hall–Kier alpha value is -1.92. The summed E-state index contributed by atoms with van der Waals surface area (Å²) in [6.45, 7) is 5.32. The summed E-state index contributed by atoms with van der Waals surface area (Å²) in [7, 11) is 1.58. The van der Waals surface area contributed by atoms with E-state index < -0.39 is 6.04 Å². The van der Waals surface area contributed by atoms with Crippen LogP contribution in [0.2, 0.25) is 0 Å². The Morgan fingerprint density at radius 3 is 2.26 bits per heavy atom. The lowest BCUT2D eigenvalue weighted by molar-refractivity contribution is -0.127. The van der Waals surface area contributed by atoms with Crippen LogP contribution in [0.1, 0.15) is 20.3 Å². The van der Waals surface area contributed by atoms with E-state index in [9.17, 15) is 9.59 Å². The molecule has 6 nitrogen and oxygen atoms in total. The van der Waals surface area contributed by atoms with Crippen molar-refractivity contribution < 1.29 is 19.1 Å². The van der Waals surface area contributed by atoms with Crippen molar-refractivity contribution in [1.82, 2.24) is 4.90 Å². The summed E-state index contributed by atoms with van der Waals surface area (Å²) in [6.07, 6.45) is 0.359. The third-order valence-corrected chi connectivity index (χ3v) is 4.34. The third kappa shape index (κ3) is 3.09. The van der Waals surface area contributed by atoms with Crippen LogP contribution in [-0.4, -0.2) is 55.2 Å². The molecule has 0 radical (unpaired) electrons. The molecular weight excluding hydrogens is 296 g/mol. The van der Waals surface area contributed by atoms with E-state index in [2.05, 4.69) is 4.90 Å². The highest BCUT2D eigenvalue weighted by molar-refractivity contribution is 6.22. The van der Waals surface area contributed by atoms with Crippen molar-refractivity contribution >= 4 is 17.5 Å². The zero-order chi connectivity index (χ0) is 16.6. The number of imide groups is 1. The topological polar surface area (TPSA) is 59.1 Å². The van der Waals surface area contributed by atoms with E-state index in [1.165, 1.54) is 4.90 Å². The van der Waals surface area contributed by atoms with E-state index in [0.717, 1.165) is 0 Å². The first-order valence-electron chi connectivity index (χ1n) is 7.90. The number of anilines is 1. The predicted molar refractivity (Wildman–Crippen MR) is 85.5 cm³/mol. The molecule has 1 aromatic carbocycles. The molecule has 3 atom stereocenters. The van der Waals surface area contributed by atoms with Gasteiger partial charge in [0.1, 0.15) is 5.75 Å². The number of carbonyl (C=O) groups is 2. The highest BCUT2D eigenvalue weighted by Crippen LogP contribution is 2.28. The standard InChI is InChI=1S/C17H22N2O4/c1-11-9-18(10-12(2)23-11)15-8-16(20)19(17(15)21)13-4-6-14(22-3)7-5-13/h4-7,11-12,15H,8-10H2,1-3H3/t11-,12+,15-/m0/s1. The van der Waals surface area contributed by atoms with E-state index in [4.69, 9.17) is 9.47 Å². The Kier molecular flexibility index (Phi) is 4.37. The lowest BCUT2D eigenvalue weighted by Gasteiger charge is -2.37. The normalized spacial score (nSPS) is 29.2. The second-order valence-corrected chi connectivity index (χ2v) is 6.20. The van der Waals surface area contributed by atoms with Gasteiger partial charge in [-0.05, 0) is 38.1 Å². The SMILES string of the molecule is COc1ccc(N2C(=O)C[C@H](N3C[C@@H](C)O[C@@H](C)C3)C2=O)cc1. The van der Waals surface area contributed by atoms with Crippen LogP contribution in [0.4, 0.5) is 5.69 Å². The van der Waals surface area contributed by atoms with E-state index >= 15 is 0 Å². The molecule has 23 heavy (non-hydrogen) atoms. The Morgan fingerprint density at radius 1 is 1.09 bits per heavy atom. The highest BCUT2D eigenvalue weighted by Gasteiger charge is 2.44. The maximum absolute atomic E-state index is 12.8. The minimum absolute atomic E-state index is 0.0664. The average molecular weight is 318 g/mol. The molecule has 3 rings (SSSR count). The monoisotopic (exact) mass is 318 g/mol. The summed E-state index contributed by atoms with van der Waals surface area (Å²) in [5.41, 5.74) is 0.595. The molecule has 0 aliphatic carbocycles. The van der Waals surface area contributed by atoms with Crippen molar-refractivity contribution in [3.8, 4) is 5.75 Å². The number of morpholine rings is 1. The van der Waals surface area contributed by atoms with Crippen LogP contribution in [0.15, 0.2) is 24.3 Å². The summed E-state index contributed by atoms with van der Waals surface area (Å²) in [5.74, 6) is 0.388. The molecule has 0 N–H and O–H groups in total. The van der Waals surface area contributed by atoms with Crippen LogP contribution in [0, 0.1) is 0 Å². The molecule has 124 valence electrons. The Labute approximate surface area is 136 Å². The number of benzene rings is 1. The Bertz CT molecular complexity index is 591. The van der Waals surface area contributed by atoms with Gasteiger partial charge in [-0.1, -0.05) is 0 Å². The molecule has 2 heterocycles. The number of rotatable bonds is 3. The summed E-state index contributed by atoms with van der Waals surface area (Å²) in [5, 5.41) is 0. The lowest BCUT2D eigenvalue weighted by Crippen LogP contribution is -2.52. The van der Waals surface area contributed by atoms with Gasteiger partial charge in [-0.25, -0.2) is 4.90 Å². The molecule has 0 saturated carbocycles. The first-order valence-corrected chi connectivity index (χ1v) is 7.90. The van der Waals surface area contributed by atoms with Crippen LogP contribution in [-0.2, 0) is 14.3 Å². The van der Waals surface area contributed by atoms with Crippen molar-refractivity contribution in [2.45, 2.75) is 38.5 Å². The van der Waals surface area contributed by atoms with E-state index in [-0.39, 0.29) is 30.4 Å². The third-order valence-electron chi connectivity index (χ3n) is 4.34. The summed E-state index contributed by atoms with van der Waals surface area (Å²) < 4.78 is 10.8. The van der Waals surface area contributed by atoms with Crippen LogP contribution in [0.25, 0.3) is 0 Å². The fraction of sp³-hybridized carbons (Fsp3) is 0.529. The maximum atomic E-state index is 12.8. The molecule has 6 heteroatoms. The second kappa shape index (κ2) is 6.29. The highest BCUT2D eigenvalue weighted by atomic mass is 16.5. The van der Waals surface area contributed by atoms with E-state index in [1.807, 2.05) is 13.8 Å². The summed E-state index contributed by atoms with van der Waals surface area (Å²) in [6, 6.07) is 6.59. The second-order valence-electron chi connectivity index (χ2n) is 6.20. The minimum atomic E-state index is -0.390. The first-order chi connectivity index (χ1) is 11.0. The predicted octanol–water partition coefficient (Wildman–Crippen LogP) is 1.44. The minimum Gasteiger partial charge on any atom is -0.497 e. The quantitative estimate of drug-likeness (QED) is 0.789. The van der Waals surface area contributed by atoms with Crippen LogP contribution >= 0.6 is 0 Å². The van der Waals surface area contributed by atoms with Gasteiger partial charge in [-0.3, -0.25) is 14.5 Å². The molecule has 2 fully saturated rings. The smallest absolute Gasteiger partial charge is 0.251 e. The molecule has 0 bridgehead atoms. The number of carbonyl (C=O) groups excluding carboxylic acids is 2. The van der Waals surface area contributed by atoms with Crippen molar-refractivity contribution in [1.29, 1.82) is 0 Å². The van der Waals surface area contributed by atoms with Gasteiger partial charge in [0.2, 0.25) is 5.91 Å². The van der Waals surface area contributed by atoms with Crippen molar-refractivity contribution in [3.63, 3.8) is 0 Å². The van der Waals surface area contributed by atoms with Crippen LogP contribution < -0.4 is 9.64 Å². The zero-order valence-corrected chi connectivity index (χ0v) is 13.7. The maximum Gasteiger partial charge on any atom is 0.251 e. The van der Waals surface area contributed by atoms with Gasteiger partial charge >= 0.3 is 0 Å². The fourth-order valence-electron chi connectivity index (χ4n) is 3.38. The Balaban J connectivity index is 1.79. The van der Waals surface area contributed by atoms with E-state index in [1.54, 1.807) is 31.4 Å². The van der Waals surface area contributed by atoms with Crippen molar-refractivity contribution in [2.75, 3.05) is 25.1 Å². The molecular formula is C17H22N2O4. The van der Waals surface area contributed by atoms with Crippen molar-refractivity contribution in [3.05, 3.63) is 24.3 Å². The van der Waals surface area contributed by atoms with Crippen LogP contribution in [0.3, 0.4) is 0 Å². The summed E-state index contributed by atoms with van der Waals surface area (Å²) >= 11 is 0. The van der Waals surface area contributed by atoms with E-state index in [0.29, 0.717) is 24.5 Å². The van der Waals surface area contributed by atoms with Gasteiger partial charge in [0.05, 0.1) is 37.5 Å². The zero-order valence-electron chi connectivity index (χ0n) is 13.7. The largest absolute Gasteiger partial charge is 0.497 e. The number of ether oxygens (including phenoxy) is 2. The van der Waals surface area contributed by atoms with Gasteiger partial charge in [-0.15, -0.1) is 0 Å². The van der Waals surface area contributed by atoms with Gasteiger partial charge < -0.3 is 9.47 Å². The number of amides is 2. The molecule has 1 aromatic rings. The molecule has 0 spiro atoms. The number of nitrogens with zero attached hydrogens (tertiary/aromatic N) is 2. The number of hydrogen-bond donors (Lipinski definition) is 0. The van der Waals surface area contributed by atoms with Crippen LogP contribution in [0.5, 0.6) is 5.75 Å². The van der Waals surface area contributed by atoms with Crippen molar-refractivity contribution in [2.24, 2.45) is 0 Å². The number of hydrogen-bond acceptors (Lipinski definition) is 5. The van der Waals surface area contributed by atoms with Gasteiger partial charge in [-0.2, -0.15) is 0 Å². The van der Waals surface area contributed by atoms with Gasteiger partial charge in [0.15, 0.2) is 0 Å². The molecule has 2 aliphatic heterocycles. The Morgan fingerprint density at radius 2 is 1.70 bits per heavy atom. The fourth-order valence-corrected chi connectivity index (χ4v) is 3.38. The molecule has 2 aliphatic rings. The average Bonchev–Trinajstić information content (AvgIpc) is 2.81. The lowest BCUT2D eigenvalue weighted by atomic mass is 10.1. The van der Waals surface area contributed by atoms with Gasteiger partial charge in [0.25, 0.3) is 5.91 Å². The number of methoxy groups -OCH3 is 1. The molecule has 0 unspecified atom stereocenters. The first kappa shape index (κ1) is 16.0.